The highest BCUT2D eigenvalue weighted by Gasteiger charge is 2.00. The van der Waals surface area contributed by atoms with Gasteiger partial charge in [0.2, 0.25) is 4.80 Å². The summed E-state index contributed by atoms with van der Waals surface area (Å²) in [5, 5.41) is 4.27. The first-order valence-corrected chi connectivity index (χ1v) is 5.50. The molecule has 1 N–H and O–H groups in total. The number of aromatic nitrogens is 1. The lowest BCUT2D eigenvalue weighted by atomic mass is 10.3. The maximum Gasteiger partial charge on any atom is 0.208 e. The Morgan fingerprint density at radius 2 is 2.20 bits per heavy atom. The van der Waals surface area contributed by atoms with Crippen molar-refractivity contribution in [3.05, 3.63) is 41.3 Å². The molecular weight excluding hydrogens is 206 g/mol. The van der Waals surface area contributed by atoms with Gasteiger partial charge in [0.15, 0.2) is 0 Å². The van der Waals surface area contributed by atoms with Crippen molar-refractivity contribution >= 4 is 21.6 Å². The van der Waals surface area contributed by atoms with Gasteiger partial charge in [-0.25, -0.2) is 0 Å². The van der Waals surface area contributed by atoms with Gasteiger partial charge >= 0.3 is 0 Å². The minimum absolute atomic E-state index is 0.840. The molecule has 0 spiro atoms. The number of nitrogens with one attached hydrogen (secondary N) is 1. The summed E-state index contributed by atoms with van der Waals surface area (Å²) in [5.41, 5.74) is 4.92. The number of fused-ring (bicyclic) bond motifs is 1. The van der Waals surface area contributed by atoms with Crippen LogP contribution < -0.4 is 10.2 Å². The van der Waals surface area contributed by atoms with Gasteiger partial charge in [0.1, 0.15) is 0 Å². The van der Waals surface area contributed by atoms with Crippen LogP contribution in [0.3, 0.4) is 0 Å². The molecule has 1 aromatic carbocycles. The molecule has 0 aliphatic rings. The summed E-state index contributed by atoms with van der Waals surface area (Å²) in [5.74, 6) is 0. The number of aryl methyl sites for hydroxylation is 1. The van der Waals surface area contributed by atoms with E-state index in [1.165, 1.54) is 10.2 Å². The van der Waals surface area contributed by atoms with Crippen molar-refractivity contribution in [2.75, 3.05) is 0 Å². The summed E-state index contributed by atoms with van der Waals surface area (Å²) in [4.78, 5) is 0.944. The van der Waals surface area contributed by atoms with Crippen LogP contribution in [-0.4, -0.2) is 4.57 Å². The molecule has 3 nitrogen and oxygen atoms in total. The summed E-state index contributed by atoms with van der Waals surface area (Å²) >= 11 is 1.66. The zero-order valence-electron chi connectivity index (χ0n) is 8.82. The minimum atomic E-state index is 0.840. The minimum Gasteiger partial charge on any atom is -0.318 e. The predicted molar refractivity (Wildman–Crippen MR) is 64.3 cm³/mol. The third-order valence-electron chi connectivity index (χ3n) is 2.06. The van der Waals surface area contributed by atoms with Crippen LogP contribution in [0, 0.1) is 0 Å². The SMILES string of the molecule is C=C(C)NN=c1sc2ccccc2n1C. The normalized spacial score (nSPS) is 12.0. The van der Waals surface area contributed by atoms with E-state index in [1.807, 2.05) is 26.1 Å². The predicted octanol–water partition coefficient (Wildman–Crippen LogP) is 2.18. The van der Waals surface area contributed by atoms with E-state index in [2.05, 4.69) is 33.8 Å². The van der Waals surface area contributed by atoms with Crippen molar-refractivity contribution in [3.63, 3.8) is 0 Å². The Morgan fingerprint density at radius 1 is 1.47 bits per heavy atom. The fourth-order valence-electron chi connectivity index (χ4n) is 1.33. The van der Waals surface area contributed by atoms with E-state index in [4.69, 9.17) is 0 Å². The lowest BCUT2D eigenvalue weighted by Crippen LogP contribution is -2.15. The number of thiazole rings is 1. The molecule has 4 heteroatoms. The summed E-state index contributed by atoms with van der Waals surface area (Å²) in [7, 11) is 2.01. The molecule has 0 aliphatic heterocycles. The Hall–Kier alpha value is -1.55. The van der Waals surface area contributed by atoms with Gasteiger partial charge in [0, 0.05) is 12.7 Å². The van der Waals surface area contributed by atoms with Gasteiger partial charge < -0.3 is 4.57 Å². The first-order valence-electron chi connectivity index (χ1n) is 4.68. The maximum absolute atomic E-state index is 4.27. The zero-order valence-corrected chi connectivity index (χ0v) is 9.64. The molecule has 0 aliphatic carbocycles. The molecule has 0 saturated carbocycles. The molecule has 0 bridgehead atoms. The molecular formula is C11H13N3S. The van der Waals surface area contributed by atoms with Crippen molar-refractivity contribution in [2.24, 2.45) is 12.1 Å². The van der Waals surface area contributed by atoms with Crippen molar-refractivity contribution < 1.29 is 0 Å². The number of benzene rings is 1. The van der Waals surface area contributed by atoms with E-state index < -0.39 is 0 Å². The van der Waals surface area contributed by atoms with Crippen LogP contribution in [0.1, 0.15) is 6.92 Å². The molecule has 0 fully saturated rings. The molecule has 1 heterocycles. The lowest BCUT2D eigenvalue weighted by Gasteiger charge is -1.96. The Labute approximate surface area is 92.4 Å². The Morgan fingerprint density at radius 3 is 2.87 bits per heavy atom. The number of nitrogens with zero attached hydrogens (tertiary/aromatic N) is 2. The highest BCUT2D eigenvalue weighted by Crippen LogP contribution is 2.14. The van der Waals surface area contributed by atoms with Gasteiger partial charge in [0.25, 0.3) is 0 Å². The number of para-hydroxylation sites is 1. The van der Waals surface area contributed by atoms with E-state index in [9.17, 15) is 0 Å². The third-order valence-corrected chi connectivity index (χ3v) is 3.17. The van der Waals surface area contributed by atoms with Crippen molar-refractivity contribution in [3.8, 4) is 0 Å². The van der Waals surface area contributed by atoms with Crippen molar-refractivity contribution in [1.29, 1.82) is 0 Å². The average Bonchev–Trinajstić information content (AvgIpc) is 2.54. The molecule has 0 atom stereocenters. The second kappa shape index (κ2) is 3.90. The summed E-state index contributed by atoms with van der Waals surface area (Å²) < 4.78 is 3.30. The molecule has 0 unspecified atom stereocenters. The number of allylic oxidation sites excluding steroid dienone is 1. The smallest absolute Gasteiger partial charge is 0.208 e. The fourth-order valence-corrected chi connectivity index (χ4v) is 2.31. The van der Waals surface area contributed by atoms with Crippen LogP contribution in [-0.2, 0) is 7.05 Å². The molecule has 1 aromatic heterocycles. The summed E-state index contributed by atoms with van der Waals surface area (Å²) in [6.07, 6.45) is 0. The Kier molecular flexibility index (Phi) is 2.60. The topological polar surface area (TPSA) is 29.3 Å². The fraction of sp³-hybridized carbons (Fsp3) is 0.182. The van der Waals surface area contributed by atoms with Crippen molar-refractivity contribution in [1.82, 2.24) is 9.99 Å². The Bertz CT molecular complexity index is 562. The second-order valence-corrected chi connectivity index (χ2v) is 4.42. The van der Waals surface area contributed by atoms with Gasteiger partial charge in [0.05, 0.1) is 10.2 Å². The van der Waals surface area contributed by atoms with Gasteiger partial charge in [-0.05, 0) is 19.1 Å². The molecule has 78 valence electrons. The monoisotopic (exact) mass is 219 g/mol. The van der Waals surface area contributed by atoms with Crippen LogP contribution in [0.25, 0.3) is 10.2 Å². The molecule has 0 amide bonds. The summed E-state index contributed by atoms with van der Waals surface area (Å²) in [6, 6.07) is 8.26. The molecule has 15 heavy (non-hydrogen) atoms. The number of hydrogen-bond acceptors (Lipinski definition) is 3. The van der Waals surface area contributed by atoms with E-state index in [1.54, 1.807) is 11.3 Å². The first kappa shape index (κ1) is 9.98. The molecule has 2 rings (SSSR count). The van der Waals surface area contributed by atoms with E-state index in [0.29, 0.717) is 0 Å². The lowest BCUT2D eigenvalue weighted by molar-refractivity contribution is 0.798. The number of hydrogen-bond donors (Lipinski definition) is 1. The largest absolute Gasteiger partial charge is 0.318 e. The van der Waals surface area contributed by atoms with Crippen LogP contribution in [0.5, 0.6) is 0 Å². The van der Waals surface area contributed by atoms with Crippen LogP contribution in [0.4, 0.5) is 0 Å². The van der Waals surface area contributed by atoms with Crippen LogP contribution >= 0.6 is 11.3 Å². The van der Waals surface area contributed by atoms with E-state index in [-0.39, 0.29) is 0 Å². The standard InChI is InChI=1S/C11H13N3S/c1-8(2)12-13-11-14(3)9-6-4-5-7-10(9)15-11/h4-7,12H,1H2,2-3H3. The van der Waals surface area contributed by atoms with Crippen LogP contribution in [0.15, 0.2) is 41.6 Å². The highest BCUT2D eigenvalue weighted by atomic mass is 32.1. The first-order chi connectivity index (χ1) is 7.18. The van der Waals surface area contributed by atoms with Gasteiger partial charge in [-0.3, -0.25) is 5.43 Å². The second-order valence-electron chi connectivity index (χ2n) is 3.42. The molecule has 2 aromatic rings. The van der Waals surface area contributed by atoms with Gasteiger partial charge in [-0.1, -0.05) is 30.0 Å². The summed E-state index contributed by atoms with van der Waals surface area (Å²) in [6.45, 7) is 5.63. The van der Waals surface area contributed by atoms with Gasteiger partial charge in [-0.2, -0.15) is 0 Å². The molecule has 0 radical (unpaired) electrons. The third kappa shape index (κ3) is 1.94. The molecule has 0 saturated heterocycles. The highest BCUT2D eigenvalue weighted by molar-refractivity contribution is 7.16. The maximum atomic E-state index is 4.27. The van der Waals surface area contributed by atoms with Crippen LogP contribution in [0.2, 0.25) is 0 Å². The average molecular weight is 219 g/mol. The van der Waals surface area contributed by atoms with E-state index in [0.717, 1.165) is 10.5 Å². The van der Waals surface area contributed by atoms with Gasteiger partial charge in [-0.15, -0.1) is 5.10 Å². The zero-order chi connectivity index (χ0) is 10.8. The number of rotatable bonds is 2. The Balaban J connectivity index is 2.58. The van der Waals surface area contributed by atoms with Crippen molar-refractivity contribution in [2.45, 2.75) is 6.92 Å². The quantitative estimate of drug-likeness (QED) is 0.771. The van der Waals surface area contributed by atoms with E-state index >= 15 is 0 Å².